The van der Waals surface area contributed by atoms with Crippen molar-refractivity contribution >= 4 is 15.9 Å². The molecule has 1 aromatic carbocycles. The lowest BCUT2D eigenvalue weighted by Gasteiger charge is -2.14. The summed E-state index contributed by atoms with van der Waals surface area (Å²) in [7, 11) is 1.47. The Balaban J connectivity index is 3.06. The van der Waals surface area contributed by atoms with Crippen molar-refractivity contribution < 1.29 is 14.2 Å². The van der Waals surface area contributed by atoms with E-state index >= 15 is 0 Å². The molecule has 0 aromatic heterocycles. The van der Waals surface area contributed by atoms with Gasteiger partial charge in [-0.15, -0.1) is 0 Å². The molecule has 0 spiro atoms. The maximum absolute atomic E-state index is 13.7. The standard InChI is InChI=1S/C10H13BrFNO2/c1-15-8-3-2-6(7(13)4-5-14)10(12)9(8)11/h2-3,7,14H,4-5,13H2,1H3. The molecule has 3 N–H and O–H groups in total. The van der Waals surface area contributed by atoms with Crippen molar-refractivity contribution in [2.45, 2.75) is 12.5 Å². The Labute approximate surface area is 96.2 Å². The molecule has 1 aromatic rings. The van der Waals surface area contributed by atoms with Crippen LogP contribution in [-0.2, 0) is 0 Å². The molecular formula is C10H13BrFNO2. The molecule has 15 heavy (non-hydrogen) atoms. The van der Waals surface area contributed by atoms with Gasteiger partial charge in [-0.3, -0.25) is 0 Å². The highest BCUT2D eigenvalue weighted by atomic mass is 79.9. The third-order valence-electron chi connectivity index (χ3n) is 2.14. The molecule has 0 aliphatic carbocycles. The Hall–Kier alpha value is -0.650. The van der Waals surface area contributed by atoms with Gasteiger partial charge in [-0.1, -0.05) is 6.07 Å². The zero-order chi connectivity index (χ0) is 11.4. The average molecular weight is 278 g/mol. The second-order valence-electron chi connectivity index (χ2n) is 3.10. The van der Waals surface area contributed by atoms with Crippen LogP contribution < -0.4 is 10.5 Å². The van der Waals surface area contributed by atoms with Crippen molar-refractivity contribution in [1.82, 2.24) is 0 Å². The lowest BCUT2D eigenvalue weighted by Crippen LogP contribution is -2.14. The van der Waals surface area contributed by atoms with E-state index in [2.05, 4.69) is 15.9 Å². The number of benzene rings is 1. The number of nitrogens with two attached hydrogens (primary N) is 1. The third kappa shape index (κ3) is 2.68. The van der Waals surface area contributed by atoms with Crippen LogP contribution in [0.25, 0.3) is 0 Å². The smallest absolute Gasteiger partial charge is 0.145 e. The molecule has 1 unspecified atom stereocenters. The van der Waals surface area contributed by atoms with E-state index in [-0.39, 0.29) is 11.1 Å². The lowest BCUT2D eigenvalue weighted by molar-refractivity contribution is 0.275. The highest BCUT2D eigenvalue weighted by molar-refractivity contribution is 9.10. The minimum atomic E-state index is -0.503. The van der Waals surface area contributed by atoms with Crippen LogP contribution in [0.1, 0.15) is 18.0 Å². The Morgan fingerprint density at radius 1 is 1.60 bits per heavy atom. The molecule has 0 heterocycles. The van der Waals surface area contributed by atoms with Crippen LogP contribution in [0.4, 0.5) is 4.39 Å². The SMILES string of the molecule is COc1ccc(C(N)CCO)c(F)c1Br. The van der Waals surface area contributed by atoms with E-state index in [0.29, 0.717) is 17.7 Å². The number of halogens is 2. The average Bonchev–Trinajstić information content (AvgIpc) is 2.22. The van der Waals surface area contributed by atoms with Gasteiger partial charge in [-0.25, -0.2) is 4.39 Å². The van der Waals surface area contributed by atoms with E-state index in [1.807, 2.05) is 0 Å². The van der Waals surface area contributed by atoms with E-state index in [1.54, 1.807) is 12.1 Å². The molecule has 0 saturated heterocycles. The fourth-order valence-electron chi connectivity index (χ4n) is 1.29. The molecule has 0 radical (unpaired) electrons. The predicted octanol–water partition coefficient (Wildman–Crippen LogP) is 1.98. The van der Waals surface area contributed by atoms with Crippen molar-refractivity contribution in [3.8, 4) is 5.75 Å². The molecule has 0 fully saturated rings. The van der Waals surface area contributed by atoms with Crippen LogP contribution in [0.5, 0.6) is 5.75 Å². The van der Waals surface area contributed by atoms with Gasteiger partial charge >= 0.3 is 0 Å². The summed E-state index contributed by atoms with van der Waals surface area (Å²) in [5, 5.41) is 8.72. The summed E-state index contributed by atoms with van der Waals surface area (Å²) in [5.74, 6) is -0.0113. The van der Waals surface area contributed by atoms with Crippen molar-refractivity contribution in [1.29, 1.82) is 0 Å². The minimum absolute atomic E-state index is 0.0652. The zero-order valence-corrected chi connectivity index (χ0v) is 9.92. The summed E-state index contributed by atoms with van der Waals surface area (Å²) >= 11 is 3.09. The molecule has 0 saturated carbocycles. The molecule has 0 aliphatic rings. The first-order chi connectivity index (χ1) is 7.11. The monoisotopic (exact) mass is 277 g/mol. The van der Waals surface area contributed by atoms with Crippen LogP contribution in [0.2, 0.25) is 0 Å². The maximum atomic E-state index is 13.7. The molecule has 0 aliphatic heterocycles. The molecular weight excluding hydrogens is 265 g/mol. The van der Waals surface area contributed by atoms with E-state index in [9.17, 15) is 4.39 Å². The number of rotatable bonds is 4. The van der Waals surface area contributed by atoms with Gasteiger partial charge in [-0.05, 0) is 28.4 Å². The molecule has 5 heteroatoms. The highest BCUT2D eigenvalue weighted by Crippen LogP contribution is 2.32. The van der Waals surface area contributed by atoms with Gasteiger partial charge in [0.15, 0.2) is 0 Å². The Kier molecular flexibility index (Phi) is 4.50. The van der Waals surface area contributed by atoms with Crippen molar-refractivity contribution in [3.63, 3.8) is 0 Å². The molecule has 0 bridgehead atoms. The van der Waals surface area contributed by atoms with E-state index in [4.69, 9.17) is 15.6 Å². The second-order valence-corrected chi connectivity index (χ2v) is 3.90. The number of aliphatic hydroxyl groups is 1. The zero-order valence-electron chi connectivity index (χ0n) is 8.34. The second kappa shape index (κ2) is 5.44. The number of aliphatic hydroxyl groups excluding tert-OH is 1. The molecule has 0 amide bonds. The van der Waals surface area contributed by atoms with Gasteiger partial charge in [0.1, 0.15) is 11.6 Å². The number of ether oxygens (including phenoxy) is 1. The first-order valence-electron chi connectivity index (χ1n) is 4.50. The van der Waals surface area contributed by atoms with E-state index in [1.165, 1.54) is 7.11 Å². The Bertz CT molecular complexity index is 346. The number of hydrogen-bond donors (Lipinski definition) is 2. The summed E-state index contributed by atoms with van der Waals surface area (Å²) in [6.07, 6.45) is 0.329. The molecule has 3 nitrogen and oxygen atoms in total. The quantitative estimate of drug-likeness (QED) is 0.885. The van der Waals surface area contributed by atoms with Crippen LogP contribution in [-0.4, -0.2) is 18.8 Å². The summed E-state index contributed by atoms with van der Waals surface area (Å²) < 4.78 is 18.9. The fourth-order valence-corrected chi connectivity index (χ4v) is 1.81. The highest BCUT2D eigenvalue weighted by Gasteiger charge is 2.16. The molecule has 1 atom stereocenters. The Morgan fingerprint density at radius 3 is 2.80 bits per heavy atom. The summed E-state index contributed by atoms with van der Waals surface area (Å²) in [4.78, 5) is 0. The lowest BCUT2D eigenvalue weighted by atomic mass is 10.0. The van der Waals surface area contributed by atoms with Crippen molar-refractivity contribution in [3.05, 3.63) is 28.0 Å². The van der Waals surface area contributed by atoms with Crippen LogP contribution in [0.3, 0.4) is 0 Å². The summed E-state index contributed by atoms with van der Waals surface area (Å²) in [6, 6.07) is 2.70. The van der Waals surface area contributed by atoms with Crippen LogP contribution in [0, 0.1) is 5.82 Å². The number of methoxy groups -OCH3 is 1. The summed E-state index contributed by atoms with van der Waals surface area (Å²) in [6.45, 7) is -0.0652. The van der Waals surface area contributed by atoms with Gasteiger partial charge in [0.25, 0.3) is 0 Å². The molecule has 1 rings (SSSR count). The van der Waals surface area contributed by atoms with Gasteiger partial charge in [0.05, 0.1) is 11.6 Å². The van der Waals surface area contributed by atoms with E-state index in [0.717, 1.165) is 0 Å². The van der Waals surface area contributed by atoms with Gasteiger partial charge in [-0.2, -0.15) is 0 Å². The van der Waals surface area contributed by atoms with E-state index < -0.39 is 11.9 Å². The van der Waals surface area contributed by atoms with Gasteiger partial charge in [0, 0.05) is 18.2 Å². The van der Waals surface area contributed by atoms with Crippen LogP contribution >= 0.6 is 15.9 Å². The fraction of sp³-hybridized carbons (Fsp3) is 0.400. The first-order valence-corrected chi connectivity index (χ1v) is 5.29. The maximum Gasteiger partial charge on any atom is 0.145 e. The molecule has 84 valence electrons. The Morgan fingerprint density at radius 2 is 2.27 bits per heavy atom. The largest absolute Gasteiger partial charge is 0.495 e. The van der Waals surface area contributed by atoms with Crippen molar-refractivity contribution in [2.75, 3.05) is 13.7 Å². The first kappa shape index (κ1) is 12.4. The third-order valence-corrected chi connectivity index (χ3v) is 2.88. The van der Waals surface area contributed by atoms with Crippen molar-refractivity contribution in [2.24, 2.45) is 5.73 Å². The van der Waals surface area contributed by atoms with Gasteiger partial charge < -0.3 is 15.6 Å². The van der Waals surface area contributed by atoms with Gasteiger partial charge in [0.2, 0.25) is 0 Å². The number of hydrogen-bond acceptors (Lipinski definition) is 3. The minimum Gasteiger partial charge on any atom is -0.495 e. The summed E-state index contributed by atoms with van der Waals surface area (Å²) in [5.41, 5.74) is 6.08. The van der Waals surface area contributed by atoms with Crippen LogP contribution in [0.15, 0.2) is 16.6 Å². The predicted molar refractivity (Wildman–Crippen MR) is 59.3 cm³/mol. The normalized spacial score (nSPS) is 12.6. The topological polar surface area (TPSA) is 55.5 Å².